The summed E-state index contributed by atoms with van der Waals surface area (Å²) < 4.78 is 13.5. The van der Waals surface area contributed by atoms with Crippen molar-refractivity contribution in [2.45, 2.75) is 31.7 Å². The van der Waals surface area contributed by atoms with Crippen molar-refractivity contribution in [2.24, 2.45) is 4.99 Å². The molecule has 6 heteroatoms. The Morgan fingerprint density at radius 3 is 2.87 bits per heavy atom. The average molecular weight is 315 g/mol. The smallest absolute Gasteiger partial charge is 0.191 e. The van der Waals surface area contributed by atoms with Gasteiger partial charge in [0, 0.05) is 24.7 Å². The monoisotopic (exact) mass is 315 g/mol. The van der Waals surface area contributed by atoms with Gasteiger partial charge in [-0.3, -0.25) is 5.10 Å². The number of nitrogens with zero attached hydrogens (tertiary/aromatic N) is 2. The van der Waals surface area contributed by atoms with Crippen molar-refractivity contribution >= 4 is 5.96 Å². The standard InChI is InChI=1S/C17H22FN5/c1-2-19-16(20-11-15-6-9-22-23-15)21-12-17(7-8-17)13-4-3-5-14(18)10-13/h3-6,9-10H,2,7-8,11-12H2,1H3,(H,22,23)(H2,19,20,21). The van der Waals surface area contributed by atoms with Crippen LogP contribution in [0.3, 0.4) is 0 Å². The van der Waals surface area contributed by atoms with Gasteiger partial charge in [0.15, 0.2) is 5.96 Å². The number of aromatic amines is 1. The molecule has 5 nitrogen and oxygen atoms in total. The lowest BCUT2D eigenvalue weighted by Crippen LogP contribution is -2.41. The fraction of sp³-hybridized carbons (Fsp3) is 0.412. The molecule has 0 bridgehead atoms. The summed E-state index contributed by atoms with van der Waals surface area (Å²) in [5, 5.41) is 13.4. The van der Waals surface area contributed by atoms with Crippen molar-refractivity contribution in [2.75, 3.05) is 13.1 Å². The summed E-state index contributed by atoms with van der Waals surface area (Å²) in [6, 6.07) is 8.82. The summed E-state index contributed by atoms with van der Waals surface area (Å²) in [6.07, 6.45) is 3.86. The van der Waals surface area contributed by atoms with Gasteiger partial charge < -0.3 is 10.6 Å². The van der Waals surface area contributed by atoms with E-state index in [1.54, 1.807) is 18.3 Å². The second kappa shape index (κ2) is 6.81. The highest BCUT2D eigenvalue weighted by Crippen LogP contribution is 2.47. The molecule has 1 saturated carbocycles. The first-order chi connectivity index (χ1) is 11.2. The van der Waals surface area contributed by atoms with Gasteiger partial charge in [-0.2, -0.15) is 5.10 Å². The molecule has 0 radical (unpaired) electrons. The number of guanidine groups is 1. The van der Waals surface area contributed by atoms with E-state index < -0.39 is 0 Å². The fourth-order valence-electron chi connectivity index (χ4n) is 2.67. The second-order valence-corrected chi connectivity index (χ2v) is 5.92. The molecule has 3 rings (SSSR count). The Kier molecular flexibility index (Phi) is 4.60. The van der Waals surface area contributed by atoms with Crippen LogP contribution in [0.25, 0.3) is 0 Å². The maximum Gasteiger partial charge on any atom is 0.191 e. The van der Waals surface area contributed by atoms with Crippen LogP contribution < -0.4 is 10.6 Å². The third kappa shape index (κ3) is 3.88. The molecule has 0 aliphatic heterocycles. The van der Waals surface area contributed by atoms with E-state index in [4.69, 9.17) is 0 Å². The van der Waals surface area contributed by atoms with Crippen LogP contribution >= 0.6 is 0 Å². The molecule has 0 saturated heterocycles. The Bertz CT molecular complexity index is 661. The predicted octanol–water partition coefficient (Wildman–Crippen LogP) is 2.34. The molecule has 0 atom stereocenters. The first kappa shape index (κ1) is 15.5. The number of nitrogens with one attached hydrogen (secondary N) is 3. The van der Waals surface area contributed by atoms with Crippen molar-refractivity contribution in [1.29, 1.82) is 0 Å². The van der Waals surface area contributed by atoms with E-state index in [9.17, 15) is 4.39 Å². The lowest BCUT2D eigenvalue weighted by molar-refractivity contribution is 0.607. The minimum absolute atomic E-state index is 0.0340. The van der Waals surface area contributed by atoms with Crippen LogP contribution in [0.5, 0.6) is 0 Å². The molecule has 1 aliphatic rings. The highest BCUT2D eigenvalue weighted by atomic mass is 19.1. The normalized spacial score (nSPS) is 16.2. The van der Waals surface area contributed by atoms with E-state index in [1.165, 1.54) is 6.07 Å². The van der Waals surface area contributed by atoms with Crippen molar-refractivity contribution in [3.8, 4) is 0 Å². The zero-order valence-corrected chi connectivity index (χ0v) is 13.3. The largest absolute Gasteiger partial charge is 0.357 e. The van der Waals surface area contributed by atoms with Gasteiger partial charge in [0.25, 0.3) is 0 Å². The molecule has 23 heavy (non-hydrogen) atoms. The zero-order chi connectivity index (χ0) is 16.1. The summed E-state index contributed by atoms with van der Waals surface area (Å²) in [5.41, 5.74) is 2.06. The van der Waals surface area contributed by atoms with Gasteiger partial charge in [0.2, 0.25) is 0 Å². The second-order valence-electron chi connectivity index (χ2n) is 5.92. The van der Waals surface area contributed by atoms with Crippen LogP contribution in [0.15, 0.2) is 41.5 Å². The van der Waals surface area contributed by atoms with E-state index in [0.29, 0.717) is 6.54 Å². The Morgan fingerprint density at radius 1 is 1.35 bits per heavy atom. The lowest BCUT2D eigenvalue weighted by atomic mass is 9.96. The van der Waals surface area contributed by atoms with E-state index in [0.717, 1.165) is 43.1 Å². The molecule has 0 unspecified atom stereocenters. The number of benzene rings is 1. The van der Waals surface area contributed by atoms with E-state index in [2.05, 4.69) is 25.8 Å². The summed E-state index contributed by atoms with van der Waals surface area (Å²) in [7, 11) is 0. The molecule has 1 fully saturated rings. The maximum atomic E-state index is 13.5. The van der Waals surface area contributed by atoms with Gasteiger partial charge in [-0.05, 0) is 43.5 Å². The highest BCUT2D eigenvalue weighted by Gasteiger charge is 2.44. The number of aliphatic imine (C=N–C) groups is 1. The first-order valence-corrected chi connectivity index (χ1v) is 7.98. The third-order valence-corrected chi connectivity index (χ3v) is 4.19. The molecule has 1 aliphatic carbocycles. The van der Waals surface area contributed by atoms with Gasteiger partial charge in [-0.1, -0.05) is 12.1 Å². The Balaban J connectivity index is 1.63. The Morgan fingerprint density at radius 2 is 2.22 bits per heavy atom. The van der Waals surface area contributed by atoms with Crippen molar-refractivity contribution in [1.82, 2.24) is 20.8 Å². The SMILES string of the molecule is CCNC(=NCc1ccn[nH]1)NCC1(c2cccc(F)c2)CC1. The number of hydrogen-bond donors (Lipinski definition) is 3. The van der Waals surface area contributed by atoms with E-state index >= 15 is 0 Å². The zero-order valence-electron chi connectivity index (χ0n) is 13.3. The molecule has 0 amide bonds. The van der Waals surface area contributed by atoms with Crippen LogP contribution in [-0.4, -0.2) is 29.2 Å². The summed E-state index contributed by atoms with van der Waals surface area (Å²) in [6.45, 7) is 4.13. The topological polar surface area (TPSA) is 65.1 Å². The predicted molar refractivity (Wildman–Crippen MR) is 88.7 cm³/mol. The summed E-state index contributed by atoms with van der Waals surface area (Å²) in [4.78, 5) is 4.55. The van der Waals surface area contributed by atoms with Crippen LogP contribution in [0.4, 0.5) is 4.39 Å². The van der Waals surface area contributed by atoms with E-state index in [1.807, 2.05) is 19.1 Å². The van der Waals surface area contributed by atoms with Crippen molar-refractivity contribution < 1.29 is 4.39 Å². The van der Waals surface area contributed by atoms with Gasteiger partial charge in [0.1, 0.15) is 5.82 Å². The Labute approximate surface area is 135 Å². The van der Waals surface area contributed by atoms with Gasteiger partial charge >= 0.3 is 0 Å². The fourth-order valence-corrected chi connectivity index (χ4v) is 2.67. The van der Waals surface area contributed by atoms with Crippen molar-refractivity contribution in [3.05, 3.63) is 53.6 Å². The average Bonchev–Trinajstić information content (AvgIpc) is 3.17. The minimum atomic E-state index is -0.173. The maximum absolute atomic E-state index is 13.5. The number of aromatic nitrogens is 2. The quantitative estimate of drug-likeness (QED) is 0.566. The molecule has 2 aromatic rings. The third-order valence-electron chi connectivity index (χ3n) is 4.19. The summed E-state index contributed by atoms with van der Waals surface area (Å²) in [5.74, 6) is 0.596. The lowest BCUT2D eigenvalue weighted by Gasteiger charge is -2.19. The van der Waals surface area contributed by atoms with Crippen LogP contribution in [0, 0.1) is 5.82 Å². The molecular weight excluding hydrogens is 293 g/mol. The van der Waals surface area contributed by atoms with Crippen LogP contribution in [-0.2, 0) is 12.0 Å². The summed E-state index contributed by atoms with van der Waals surface area (Å²) >= 11 is 0. The van der Waals surface area contributed by atoms with Crippen LogP contribution in [0.1, 0.15) is 31.0 Å². The van der Waals surface area contributed by atoms with Gasteiger partial charge in [-0.25, -0.2) is 9.38 Å². The molecular formula is C17H22FN5. The molecule has 122 valence electrons. The Hall–Kier alpha value is -2.37. The highest BCUT2D eigenvalue weighted by molar-refractivity contribution is 5.79. The molecule has 1 heterocycles. The van der Waals surface area contributed by atoms with Crippen LogP contribution in [0.2, 0.25) is 0 Å². The molecule has 0 spiro atoms. The molecule has 1 aromatic heterocycles. The van der Waals surface area contributed by atoms with Crippen molar-refractivity contribution in [3.63, 3.8) is 0 Å². The van der Waals surface area contributed by atoms with E-state index in [-0.39, 0.29) is 11.2 Å². The number of halogens is 1. The number of H-pyrrole nitrogens is 1. The number of rotatable bonds is 6. The molecule has 3 N–H and O–H groups in total. The van der Waals surface area contributed by atoms with Gasteiger partial charge in [0.05, 0.1) is 12.2 Å². The molecule has 1 aromatic carbocycles. The minimum Gasteiger partial charge on any atom is -0.357 e. The first-order valence-electron chi connectivity index (χ1n) is 7.98. The number of hydrogen-bond acceptors (Lipinski definition) is 2. The van der Waals surface area contributed by atoms with Gasteiger partial charge in [-0.15, -0.1) is 0 Å².